The predicted octanol–water partition coefficient (Wildman–Crippen LogP) is 1.63. The summed E-state index contributed by atoms with van der Waals surface area (Å²) in [5.41, 5.74) is 1.74. The van der Waals surface area contributed by atoms with Gasteiger partial charge in [0.15, 0.2) is 0 Å². The van der Waals surface area contributed by atoms with Crippen LogP contribution in [-0.4, -0.2) is 78.0 Å². The van der Waals surface area contributed by atoms with Gasteiger partial charge in [0.05, 0.1) is 5.92 Å². The molecule has 0 saturated carbocycles. The number of piperidine rings is 1. The number of aryl methyl sites for hydroxylation is 1. The Morgan fingerprint density at radius 1 is 1.16 bits per heavy atom. The maximum absolute atomic E-state index is 12.9. The van der Waals surface area contributed by atoms with Crippen molar-refractivity contribution in [2.24, 2.45) is 5.92 Å². The number of amides is 3. The van der Waals surface area contributed by atoms with Gasteiger partial charge in [-0.25, -0.2) is 0 Å². The first-order chi connectivity index (χ1) is 14.8. The van der Waals surface area contributed by atoms with Crippen LogP contribution in [0.5, 0.6) is 0 Å². The summed E-state index contributed by atoms with van der Waals surface area (Å²) in [6, 6.07) is 7.40. The molecular weight excluding hydrogens is 416 g/mol. The molecule has 10 heteroatoms. The molecule has 2 N–H and O–H groups in total. The molecule has 9 nitrogen and oxygen atoms in total. The first-order valence-corrected chi connectivity index (χ1v) is 11.1. The third-order valence-electron chi connectivity index (χ3n) is 5.05. The summed E-state index contributed by atoms with van der Waals surface area (Å²) in [6.45, 7) is 4.21. The fourth-order valence-electron chi connectivity index (χ4n) is 3.28. The number of likely N-dealkylation sites (tertiary alicyclic amines) is 1. The normalized spacial score (nSPS) is 16.3. The van der Waals surface area contributed by atoms with Gasteiger partial charge in [-0.2, -0.15) is 0 Å². The van der Waals surface area contributed by atoms with Crippen LogP contribution in [0.25, 0.3) is 0 Å². The van der Waals surface area contributed by atoms with Gasteiger partial charge in [0.1, 0.15) is 0 Å². The molecule has 1 aromatic heterocycles. The lowest BCUT2D eigenvalue weighted by Crippen LogP contribution is -2.46. The molecule has 0 unspecified atom stereocenters. The first-order valence-electron chi connectivity index (χ1n) is 10.3. The number of carbonyl (C=O) groups is 3. The minimum atomic E-state index is -0.405. The first kappa shape index (κ1) is 22.8. The highest BCUT2D eigenvalue weighted by Crippen LogP contribution is 2.21. The Morgan fingerprint density at radius 3 is 2.58 bits per heavy atom. The molecule has 0 radical (unpaired) electrons. The van der Waals surface area contributed by atoms with Crippen LogP contribution in [0.2, 0.25) is 0 Å². The highest BCUT2D eigenvalue weighted by atomic mass is 32.1. The van der Waals surface area contributed by atoms with Crippen LogP contribution >= 0.6 is 11.3 Å². The standard InChI is InChI=1S/C21H28N6O3S/c1-14-6-8-16(9-7-14)23-18(29)19-24-25-20(31-19)21(30)27-11-4-5-15(13-27)17(28)22-10-12-26(2)3/h6-9,15H,4-5,10-13H2,1-3H3,(H,22,28)(H,23,29)/t15-/m1/s1. The number of anilines is 1. The lowest BCUT2D eigenvalue weighted by Gasteiger charge is -2.31. The van der Waals surface area contributed by atoms with Crippen molar-refractivity contribution >= 4 is 34.7 Å². The zero-order valence-corrected chi connectivity index (χ0v) is 18.9. The Bertz CT molecular complexity index is 927. The summed E-state index contributed by atoms with van der Waals surface area (Å²) in [4.78, 5) is 41.3. The van der Waals surface area contributed by atoms with Gasteiger partial charge in [-0.15, -0.1) is 10.2 Å². The number of benzene rings is 1. The third-order valence-corrected chi connectivity index (χ3v) is 5.96. The van der Waals surface area contributed by atoms with Crippen molar-refractivity contribution in [3.63, 3.8) is 0 Å². The largest absolute Gasteiger partial charge is 0.355 e. The molecule has 0 bridgehead atoms. The molecule has 1 fully saturated rings. The highest BCUT2D eigenvalue weighted by molar-refractivity contribution is 7.15. The zero-order valence-electron chi connectivity index (χ0n) is 18.1. The Hall–Kier alpha value is -2.85. The van der Waals surface area contributed by atoms with Gasteiger partial charge in [0.2, 0.25) is 15.9 Å². The van der Waals surface area contributed by atoms with Crippen molar-refractivity contribution < 1.29 is 14.4 Å². The number of aromatic nitrogens is 2. The van der Waals surface area contributed by atoms with E-state index in [-0.39, 0.29) is 27.7 Å². The van der Waals surface area contributed by atoms with Crippen LogP contribution in [0.3, 0.4) is 0 Å². The second-order valence-electron chi connectivity index (χ2n) is 7.92. The number of nitrogens with one attached hydrogen (secondary N) is 2. The molecule has 3 amide bonds. The molecule has 1 atom stereocenters. The summed E-state index contributed by atoms with van der Waals surface area (Å²) in [6.07, 6.45) is 1.50. The Morgan fingerprint density at radius 2 is 1.87 bits per heavy atom. The molecule has 3 rings (SSSR count). The molecule has 1 aliphatic rings. The maximum Gasteiger partial charge on any atom is 0.286 e. The molecule has 31 heavy (non-hydrogen) atoms. The summed E-state index contributed by atoms with van der Waals surface area (Å²) in [5, 5.41) is 13.8. The van der Waals surface area contributed by atoms with Crippen LogP contribution in [0, 0.1) is 12.8 Å². The SMILES string of the molecule is Cc1ccc(NC(=O)c2nnc(C(=O)N3CCC[C@@H](C(=O)NCCN(C)C)C3)s2)cc1. The van der Waals surface area contributed by atoms with Crippen molar-refractivity contribution in [1.82, 2.24) is 25.3 Å². The highest BCUT2D eigenvalue weighted by Gasteiger charge is 2.30. The number of likely N-dealkylation sites (N-methyl/N-ethyl adjacent to an activating group) is 1. The van der Waals surface area contributed by atoms with Gasteiger partial charge in [-0.3, -0.25) is 14.4 Å². The Balaban J connectivity index is 1.57. The molecule has 0 spiro atoms. The van der Waals surface area contributed by atoms with E-state index in [2.05, 4.69) is 20.8 Å². The molecule has 1 aromatic carbocycles. The van der Waals surface area contributed by atoms with Gasteiger partial charge in [-0.1, -0.05) is 29.0 Å². The lowest BCUT2D eigenvalue weighted by atomic mass is 9.97. The average molecular weight is 445 g/mol. The minimum absolute atomic E-state index is 0.0326. The summed E-state index contributed by atoms with van der Waals surface area (Å²) in [5.74, 6) is -0.971. The van der Waals surface area contributed by atoms with Crippen molar-refractivity contribution in [2.75, 3.05) is 45.6 Å². The van der Waals surface area contributed by atoms with Gasteiger partial charge in [0.25, 0.3) is 11.8 Å². The number of hydrogen-bond acceptors (Lipinski definition) is 7. The fraction of sp³-hybridized carbons (Fsp3) is 0.476. The topological polar surface area (TPSA) is 108 Å². The molecule has 0 aliphatic carbocycles. The van der Waals surface area contributed by atoms with Gasteiger partial charge < -0.3 is 20.4 Å². The van der Waals surface area contributed by atoms with Crippen molar-refractivity contribution in [3.8, 4) is 0 Å². The molecule has 1 aliphatic heterocycles. The van der Waals surface area contributed by atoms with Crippen molar-refractivity contribution in [2.45, 2.75) is 19.8 Å². The number of hydrogen-bond donors (Lipinski definition) is 2. The van der Waals surface area contributed by atoms with Gasteiger partial charge in [-0.05, 0) is 46.0 Å². The number of rotatable bonds is 7. The smallest absolute Gasteiger partial charge is 0.286 e. The lowest BCUT2D eigenvalue weighted by molar-refractivity contribution is -0.126. The van der Waals surface area contributed by atoms with Crippen molar-refractivity contribution in [3.05, 3.63) is 39.8 Å². The maximum atomic E-state index is 12.9. The van der Waals surface area contributed by atoms with Crippen LogP contribution in [0.15, 0.2) is 24.3 Å². The zero-order chi connectivity index (χ0) is 22.4. The molecule has 2 aromatic rings. The molecule has 166 valence electrons. The monoisotopic (exact) mass is 444 g/mol. The average Bonchev–Trinajstić information content (AvgIpc) is 3.25. The quantitative estimate of drug-likeness (QED) is 0.672. The van der Waals surface area contributed by atoms with Crippen molar-refractivity contribution in [1.29, 1.82) is 0 Å². The van der Waals surface area contributed by atoms with Gasteiger partial charge >= 0.3 is 0 Å². The van der Waals surface area contributed by atoms with E-state index in [0.717, 1.165) is 36.3 Å². The summed E-state index contributed by atoms with van der Waals surface area (Å²) >= 11 is 0.960. The Labute approximate surface area is 185 Å². The summed E-state index contributed by atoms with van der Waals surface area (Å²) < 4.78 is 0. The number of carbonyl (C=O) groups excluding carboxylic acids is 3. The van der Waals surface area contributed by atoms with E-state index < -0.39 is 5.91 Å². The summed E-state index contributed by atoms with van der Waals surface area (Å²) in [7, 11) is 3.90. The van der Waals surface area contributed by atoms with E-state index in [1.807, 2.05) is 38.1 Å². The van der Waals surface area contributed by atoms with E-state index in [1.165, 1.54) is 0 Å². The van der Waals surface area contributed by atoms with E-state index in [1.54, 1.807) is 17.0 Å². The van der Waals surface area contributed by atoms with Crippen LogP contribution in [-0.2, 0) is 4.79 Å². The fourth-order valence-corrected chi connectivity index (χ4v) is 3.99. The van der Waals surface area contributed by atoms with E-state index in [4.69, 9.17) is 0 Å². The number of nitrogens with zero attached hydrogens (tertiary/aromatic N) is 4. The molecular formula is C21H28N6O3S. The van der Waals surface area contributed by atoms with Crippen LogP contribution in [0.4, 0.5) is 5.69 Å². The van der Waals surface area contributed by atoms with E-state index in [0.29, 0.717) is 25.3 Å². The second kappa shape index (κ2) is 10.5. The van der Waals surface area contributed by atoms with Crippen LogP contribution < -0.4 is 10.6 Å². The third kappa shape index (κ3) is 6.31. The van der Waals surface area contributed by atoms with Gasteiger partial charge in [0, 0.05) is 31.9 Å². The minimum Gasteiger partial charge on any atom is -0.355 e. The van der Waals surface area contributed by atoms with E-state index >= 15 is 0 Å². The molecule has 1 saturated heterocycles. The molecule has 2 heterocycles. The van der Waals surface area contributed by atoms with Crippen LogP contribution in [0.1, 0.15) is 38.0 Å². The Kier molecular flexibility index (Phi) is 7.69. The predicted molar refractivity (Wildman–Crippen MR) is 119 cm³/mol. The second-order valence-corrected chi connectivity index (χ2v) is 8.89. The van der Waals surface area contributed by atoms with E-state index in [9.17, 15) is 14.4 Å².